The molecule has 0 aromatic carbocycles. The van der Waals surface area contributed by atoms with Gasteiger partial charge in [-0.2, -0.15) is 0 Å². The van der Waals surface area contributed by atoms with Crippen molar-refractivity contribution in [3.8, 4) is 0 Å². The zero-order valence-electron chi connectivity index (χ0n) is 7.77. The van der Waals surface area contributed by atoms with Crippen LogP contribution in [0.5, 0.6) is 0 Å². The van der Waals surface area contributed by atoms with E-state index in [9.17, 15) is 4.79 Å². The highest BCUT2D eigenvalue weighted by Crippen LogP contribution is 2.18. The van der Waals surface area contributed by atoms with Crippen LogP contribution in [0.2, 0.25) is 5.02 Å². The van der Waals surface area contributed by atoms with Crippen molar-refractivity contribution >= 4 is 29.0 Å². The number of aromatic nitrogens is 1. The Labute approximate surface area is 91.2 Å². The first-order valence-electron chi connectivity index (χ1n) is 4.13. The SMILES string of the molecule is NC(=O)C(O)CNc1ncc(Cl)cc1N. The number of amides is 1. The first-order chi connectivity index (χ1) is 7.00. The van der Waals surface area contributed by atoms with E-state index in [1.807, 2.05) is 0 Å². The Morgan fingerprint density at radius 2 is 2.40 bits per heavy atom. The van der Waals surface area contributed by atoms with Crippen LogP contribution in [0.15, 0.2) is 12.3 Å². The van der Waals surface area contributed by atoms with Crippen LogP contribution in [0.1, 0.15) is 0 Å². The lowest BCUT2D eigenvalue weighted by Gasteiger charge is -2.10. The number of nitrogens with one attached hydrogen (secondary N) is 1. The van der Waals surface area contributed by atoms with Gasteiger partial charge in [-0.25, -0.2) is 4.98 Å². The number of anilines is 2. The van der Waals surface area contributed by atoms with E-state index >= 15 is 0 Å². The second-order valence-corrected chi connectivity index (χ2v) is 3.33. The minimum Gasteiger partial charge on any atom is -0.396 e. The fraction of sp³-hybridized carbons (Fsp3) is 0.250. The van der Waals surface area contributed by atoms with Crippen molar-refractivity contribution in [2.75, 3.05) is 17.6 Å². The fourth-order valence-corrected chi connectivity index (χ4v) is 1.06. The Hall–Kier alpha value is -1.53. The number of rotatable bonds is 4. The van der Waals surface area contributed by atoms with Crippen LogP contribution in [-0.2, 0) is 4.79 Å². The molecule has 1 rings (SSSR count). The molecule has 0 aliphatic heterocycles. The number of pyridine rings is 1. The number of hydrogen-bond acceptors (Lipinski definition) is 5. The first kappa shape index (κ1) is 11.5. The van der Waals surface area contributed by atoms with E-state index in [-0.39, 0.29) is 6.54 Å². The molecule has 0 saturated carbocycles. The number of aliphatic hydroxyl groups excluding tert-OH is 1. The van der Waals surface area contributed by atoms with Crippen molar-refractivity contribution in [1.29, 1.82) is 0 Å². The molecule has 7 heteroatoms. The van der Waals surface area contributed by atoms with Gasteiger partial charge in [0.15, 0.2) is 0 Å². The highest BCUT2D eigenvalue weighted by molar-refractivity contribution is 6.30. The van der Waals surface area contributed by atoms with E-state index in [1.165, 1.54) is 12.3 Å². The molecule has 1 atom stereocenters. The fourth-order valence-electron chi connectivity index (χ4n) is 0.897. The number of nitrogens with two attached hydrogens (primary N) is 2. The summed E-state index contributed by atoms with van der Waals surface area (Å²) in [6.45, 7) is -0.0475. The van der Waals surface area contributed by atoms with Gasteiger partial charge in [-0.1, -0.05) is 11.6 Å². The number of hydrogen-bond donors (Lipinski definition) is 4. The molecule has 1 aromatic heterocycles. The lowest BCUT2D eigenvalue weighted by atomic mass is 10.3. The first-order valence-corrected chi connectivity index (χ1v) is 4.50. The van der Waals surface area contributed by atoms with Crippen LogP contribution in [-0.4, -0.2) is 28.6 Å². The van der Waals surface area contributed by atoms with Crippen LogP contribution in [0.3, 0.4) is 0 Å². The summed E-state index contributed by atoms with van der Waals surface area (Å²) in [5.74, 6) is -0.463. The van der Waals surface area contributed by atoms with E-state index in [0.29, 0.717) is 16.5 Å². The normalized spacial score (nSPS) is 12.1. The molecule has 6 N–H and O–H groups in total. The molecule has 1 unspecified atom stereocenters. The molecule has 0 bridgehead atoms. The van der Waals surface area contributed by atoms with E-state index in [0.717, 1.165) is 0 Å². The number of aliphatic hydroxyl groups is 1. The van der Waals surface area contributed by atoms with Gasteiger partial charge in [-0.3, -0.25) is 4.79 Å². The van der Waals surface area contributed by atoms with E-state index in [4.69, 9.17) is 28.2 Å². The van der Waals surface area contributed by atoms with E-state index in [1.54, 1.807) is 0 Å². The molecule has 15 heavy (non-hydrogen) atoms. The Bertz CT molecular complexity index is 372. The van der Waals surface area contributed by atoms with Gasteiger partial charge < -0.3 is 21.9 Å². The molecular weight excluding hydrogens is 220 g/mol. The number of carbonyl (C=O) groups is 1. The second kappa shape index (κ2) is 4.81. The molecule has 1 heterocycles. The Morgan fingerprint density at radius 3 is 2.93 bits per heavy atom. The second-order valence-electron chi connectivity index (χ2n) is 2.89. The van der Waals surface area contributed by atoms with Crippen molar-refractivity contribution < 1.29 is 9.90 Å². The molecule has 0 radical (unpaired) electrons. The van der Waals surface area contributed by atoms with Crippen LogP contribution in [0.4, 0.5) is 11.5 Å². The molecule has 82 valence electrons. The summed E-state index contributed by atoms with van der Waals surface area (Å²) >= 11 is 5.64. The molecule has 0 aliphatic rings. The van der Waals surface area contributed by atoms with Gasteiger partial charge in [0.05, 0.1) is 17.3 Å². The summed E-state index contributed by atoms with van der Waals surface area (Å²) in [5.41, 5.74) is 10.8. The third kappa shape index (κ3) is 3.26. The lowest BCUT2D eigenvalue weighted by Crippen LogP contribution is -2.34. The predicted octanol–water partition coefficient (Wildman–Crippen LogP) is -0.425. The Balaban J connectivity index is 2.62. The largest absolute Gasteiger partial charge is 0.396 e. The zero-order valence-corrected chi connectivity index (χ0v) is 8.53. The van der Waals surface area contributed by atoms with Crippen LogP contribution < -0.4 is 16.8 Å². The average Bonchev–Trinajstić information content (AvgIpc) is 2.15. The van der Waals surface area contributed by atoms with Gasteiger partial charge in [-0.05, 0) is 6.07 Å². The monoisotopic (exact) mass is 230 g/mol. The topological polar surface area (TPSA) is 114 Å². The van der Waals surface area contributed by atoms with Crippen molar-refractivity contribution in [2.24, 2.45) is 5.73 Å². The van der Waals surface area contributed by atoms with Crippen LogP contribution in [0.25, 0.3) is 0 Å². The Morgan fingerprint density at radius 1 is 1.73 bits per heavy atom. The molecule has 1 amide bonds. The van der Waals surface area contributed by atoms with E-state index in [2.05, 4.69) is 10.3 Å². The summed E-state index contributed by atoms with van der Waals surface area (Å²) in [7, 11) is 0. The third-order valence-corrected chi connectivity index (χ3v) is 1.88. The van der Waals surface area contributed by atoms with Crippen molar-refractivity contribution in [3.63, 3.8) is 0 Å². The minimum atomic E-state index is -1.28. The summed E-state index contributed by atoms with van der Waals surface area (Å²) < 4.78 is 0. The van der Waals surface area contributed by atoms with Gasteiger partial charge in [0.2, 0.25) is 5.91 Å². The molecule has 0 fully saturated rings. The van der Waals surface area contributed by atoms with Gasteiger partial charge in [0.25, 0.3) is 0 Å². The summed E-state index contributed by atoms with van der Waals surface area (Å²) in [5, 5.41) is 12.2. The maximum absolute atomic E-state index is 10.5. The van der Waals surface area contributed by atoms with Crippen molar-refractivity contribution in [2.45, 2.75) is 6.10 Å². The van der Waals surface area contributed by atoms with Crippen molar-refractivity contribution in [3.05, 3.63) is 17.3 Å². The smallest absolute Gasteiger partial charge is 0.248 e. The highest BCUT2D eigenvalue weighted by Gasteiger charge is 2.11. The predicted molar refractivity (Wildman–Crippen MR) is 57.4 cm³/mol. The molecule has 1 aromatic rings. The summed E-state index contributed by atoms with van der Waals surface area (Å²) in [6.07, 6.45) is 0.124. The Kier molecular flexibility index (Phi) is 3.70. The highest BCUT2D eigenvalue weighted by atomic mass is 35.5. The maximum atomic E-state index is 10.5. The zero-order chi connectivity index (χ0) is 11.4. The number of nitrogen functional groups attached to an aromatic ring is 1. The standard InChI is InChI=1S/C8H11ClN4O2/c9-4-1-5(10)8(12-2-4)13-3-6(14)7(11)15/h1-2,6,14H,3,10H2,(H2,11,15)(H,12,13). The molecule has 0 aliphatic carbocycles. The third-order valence-electron chi connectivity index (χ3n) is 1.68. The number of primary amides is 1. The molecule has 0 saturated heterocycles. The molecule has 0 spiro atoms. The average molecular weight is 231 g/mol. The summed E-state index contributed by atoms with van der Waals surface area (Å²) in [6, 6.07) is 1.51. The minimum absolute atomic E-state index is 0.0475. The van der Waals surface area contributed by atoms with Gasteiger partial charge >= 0.3 is 0 Å². The molecule has 6 nitrogen and oxygen atoms in total. The quantitative estimate of drug-likeness (QED) is 0.561. The van der Waals surface area contributed by atoms with Gasteiger partial charge in [-0.15, -0.1) is 0 Å². The van der Waals surface area contributed by atoms with Crippen LogP contribution >= 0.6 is 11.6 Å². The number of halogens is 1. The molecular formula is C8H11ClN4O2. The number of carbonyl (C=O) groups excluding carboxylic acids is 1. The van der Waals surface area contributed by atoms with Crippen LogP contribution in [0, 0.1) is 0 Å². The lowest BCUT2D eigenvalue weighted by molar-refractivity contribution is -0.125. The van der Waals surface area contributed by atoms with Gasteiger partial charge in [0, 0.05) is 6.20 Å². The van der Waals surface area contributed by atoms with Crippen molar-refractivity contribution in [1.82, 2.24) is 4.98 Å². The van der Waals surface area contributed by atoms with E-state index < -0.39 is 12.0 Å². The van der Waals surface area contributed by atoms with Gasteiger partial charge in [0.1, 0.15) is 11.9 Å². The maximum Gasteiger partial charge on any atom is 0.248 e. The summed E-state index contributed by atoms with van der Waals surface area (Å²) in [4.78, 5) is 14.4. The number of nitrogens with zero attached hydrogens (tertiary/aromatic N) is 1.